The topological polar surface area (TPSA) is 38.3 Å². The molecule has 3 nitrogen and oxygen atoms in total. The van der Waals surface area contributed by atoms with Crippen molar-refractivity contribution in [1.82, 2.24) is 5.32 Å². The van der Waals surface area contributed by atoms with E-state index in [1.165, 1.54) is 0 Å². The fourth-order valence-electron chi connectivity index (χ4n) is 2.26. The normalized spacial score (nSPS) is 21.9. The number of nitrogens with one attached hydrogen (secondary N) is 1. The van der Waals surface area contributed by atoms with Gasteiger partial charge in [0, 0.05) is 24.9 Å². The van der Waals surface area contributed by atoms with Gasteiger partial charge in [0.2, 0.25) is 5.91 Å². The molecular weight excluding hydrogens is 250 g/mol. The average molecular weight is 276 g/mol. The summed E-state index contributed by atoms with van der Waals surface area (Å²) in [4.78, 5) is 11.9. The molecule has 106 valence electrons. The van der Waals surface area contributed by atoms with Gasteiger partial charge >= 0.3 is 0 Å². The van der Waals surface area contributed by atoms with Gasteiger partial charge in [-0.25, -0.2) is 0 Å². The quantitative estimate of drug-likeness (QED) is 0.757. The van der Waals surface area contributed by atoms with E-state index in [0.717, 1.165) is 32.3 Å². The Hall–Kier alpha value is -0.280. The lowest BCUT2D eigenvalue weighted by molar-refractivity contribution is -0.123. The molecule has 0 aromatic heterocycles. The first-order chi connectivity index (χ1) is 8.43. The van der Waals surface area contributed by atoms with Crippen LogP contribution in [0.15, 0.2) is 0 Å². The van der Waals surface area contributed by atoms with Crippen LogP contribution in [0.2, 0.25) is 0 Å². The molecule has 4 heteroatoms. The van der Waals surface area contributed by atoms with E-state index in [0.29, 0.717) is 12.3 Å². The SMILES string of the molecule is CC(C)(C)C(CCCl)NC(=O)CCC1CCCO1. The van der Waals surface area contributed by atoms with Crippen LogP contribution in [-0.2, 0) is 9.53 Å². The van der Waals surface area contributed by atoms with Crippen molar-refractivity contribution < 1.29 is 9.53 Å². The highest BCUT2D eigenvalue weighted by Gasteiger charge is 2.26. The zero-order chi connectivity index (χ0) is 13.6. The van der Waals surface area contributed by atoms with Crippen molar-refractivity contribution in [3.05, 3.63) is 0 Å². The van der Waals surface area contributed by atoms with Gasteiger partial charge in [-0.3, -0.25) is 4.79 Å². The van der Waals surface area contributed by atoms with Gasteiger partial charge < -0.3 is 10.1 Å². The number of hydrogen-bond donors (Lipinski definition) is 1. The lowest BCUT2D eigenvalue weighted by Gasteiger charge is -2.31. The number of hydrogen-bond acceptors (Lipinski definition) is 2. The van der Waals surface area contributed by atoms with Gasteiger partial charge in [-0.05, 0) is 31.1 Å². The van der Waals surface area contributed by atoms with Crippen molar-refractivity contribution in [3.63, 3.8) is 0 Å². The molecule has 0 spiro atoms. The number of amides is 1. The monoisotopic (exact) mass is 275 g/mol. The van der Waals surface area contributed by atoms with Gasteiger partial charge in [0.25, 0.3) is 0 Å². The Balaban J connectivity index is 2.31. The van der Waals surface area contributed by atoms with Gasteiger partial charge in [-0.2, -0.15) is 0 Å². The fourth-order valence-corrected chi connectivity index (χ4v) is 2.48. The molecule has 0 radical (unpaired) electrons. The minimum Gasteiger partial charge on any atom is -0.378 e. The van der Waals surface area contributed by atoms with Crippen LogP contribution in [0.25, 0.3) is 0 Å². The maximum absolute atomic E-state index is 11.9. The Bertz CT molecular complexity index is 257. The van der Waals surface area contributed by atoms with Crippen LogP contribution in [0.4, 0.5) is 0 Å². The predicted octanol–water partition coefficient (Wildman–Crippen LogP) is 3.11. The third-order valence-electron chi connectivity index (χ3n) is 3.50. The van der Waals surface area contributed by atoms with E-state index in [4.69, 9.17) is 16.3 Å². The van der Waals surface area contributed by atoms with Crippen LogP contribution < -0.4 is 5.32 Å². The second kappa shape index (κ2) is 7.34. The molecule has 0 aromatic carbocycles. The standard InChI is InChI=1S/C14H26ClNO2/c1-14(2,3)12(8-9-15)16-13(17)7-6-11-5-4-10-18-11/h11-12H,4-10H2,1-3H3,(H,16,17). The number of ether oxygens (including phenoxy) is 1. The molecule has 0 bridgehead atoms. The van der Waals surface area contributed by atoms with Gasteiger partial charge in [0.1, 0.15) is 0 Å². The van der Waals surface area contributed by atoms with E-state index < -0.39 is 0 Å². The minimum atomic E-state index is 0.0500. The zero-order valence-corrected chi connectivity index (χ0v) is 12.6. The summed E-state index contributed by atoms with van der Waals surface area (Å²) >= 11 is 5.80. The lowest BCUT2D eigenvalue weighted by atomic mass is 9.85. The van der Waals surface area contributed by atoms with Crippen LogP contribution in [0.3, 0.4) is 0 Å². The number of alkyl halides is 1. The third kappa shape index (κ3) is 5.57. The molecule has 1 N–H and O–H groups in total. The smallest absolute Gasteiger partial charge is 0.220 e. The van der Waals surface area contributed by atoms with Crippen LogP contribution in [0, 0.1) is 5.41 Å². The molecule has 18 heavy (non-hydrogen) atoms. The van der Waals surface area contributed by atoms with Crippen molar-refractivity contribution >= 4 is 17.5 Å². The fraction of sp³-hybridized carbons (Fsp3) is 0.929. The second-order valence-electron chi connectivity index (χ2n) is 6.14. The summed E-state index contributed by atoms with van der Waals surface area (Å²) in [7, 11) is 0. The van der Waals surface area contributed by atoms with Gasteiger partial charge in [-0.1, -0.05) is 20.8 Å². The molecule has 1 heterocycles. The molecule has 1 fully saturated rings. The third-order valence-corrected chi connectivity index (χ3v) is 3.71. The van der Waals surface area contributed by atoms with Crippen molar-refractivity contribution in [2.24, 2.45) is 5.41 Å². The van der Waals surface area contributed by atoms with Crippen molar-refractivity contribution in [3.8, 4) is 0 Å². The highest BCUT2D eigenvalue weighted by Crippen LogP contribution is 2.23. The number of rotatable bonds is 6. The van der Waals surface area contributed by atoms with E-state index in [9.17, 15) is 4.79 Å². The first-order valence-corrected chi connectivity index (χ1v) is 7.44. The van der Waals surface area contributed by atoms with Crippen molar-refractivity contribution in [2.45, 2.75) is 65.0 Å². The van der Waals surface area contributed by atoms with E-state index in [1.54, 1.807) is 0 Å². The first-order valence-electron chi connectivity index (χ1n) is 6.90. The Labute approximate surface area is 116 Å². The first kappa shape index (κ1) is 15.8. The molecule has 2 atom stereocenters. The number of carbonyl (C=O) groups is 1. The van der Waals surface area contributed by atoms with Crippen molar-refractivity contribution in [1.29, 1.82) is 0 Å². The Morgan fingerprint density at radius 3 is 2.72 bits per heavy atom. The molecule has 0 aromatic rings. The van der Waals surface area contributed by atoms with Gasteiger partial charge in [0.05, 0.1) is 6.10 Å². The molecule has 1 amide bonds. The average Bonchev–Trinajstić information content (AvgIpc) is 2.77. The maximum Gasteiger partial charge on any atom is 0.220 e. The molecule has 0 saturated carbocycles. The molecule has 2 unspecified atom stereocenters. The summed E-state index contributed by atoms with van der Waals surface area (Å²) in [6, 6.07) is 0.145. The summed E-state index contributed by atoms with van der Waals surface area (Å²) in [5.74, 6) is 0.698. The summed E-state index contributed by atoms with van der Waals surface area (Å²) in [5.41, 5.74) is 0.0500. The van der Waals surface area contributed by atoms with Crippen LogP contribution in [-0.4, -0.2) is 30.5 Å². The van der Waals surface area contributed by atoms with Gasteiger partial charge in [-0.15, -0.1) is 11.6 Å². The minimum absolute atomic E-state index is 0.0500. The Morgan fingerprint density at radius 2 is 2.22 bits per heavy atom. The maximum atomic E-state index is 11.9. The van der Waals surface area contributed by atoms with Crippen LogP contribution in [0.1, 0.15) is 52.9 Å². The van der Waals surface area contributed by atoms with Gasteiger partial charge in [0.15, 0.2) is 0 Å². The second-order valence-corrected chi connectivity index (χ2v) is 6.52. The lowest BCUT2D eigenvalue weighted by Crippen LogP contribution is -2.44. The summed E-state index contributed by atoms with van der Waals surface area (Å²) in [6.45, 7) is 7.24. The number of halogens is 1. The zero-order valence-electron chi connectivity index (χ0n) is 11.8. The molecule has 1 aliphatic heterocycles. The Morgan fingerprint density at radius 1 is 1.50 bits per heavy atom. The molecule has 1 rings (SSSR count). The highest BCUT2D eigenvalue weighted by molar-refractivity contribution is 6.17. The Kier molecular flexibility index (Phi) is 6.44. The molecular formula is C14H26ClNO2. The molecule has 1 saturated heterocycles. The van der Waals surface area contributed by atoms with E-state index in [1.807, 2.05) is 0 Å². The van der Waals surface area contributed by atoms with Crippen LogP contribution in [0.5, 0.6) is 0 Å². The van der Waals surface area contributed by atoms with Crippen molar-refractivity contribution in [2.75, 3.05) is 12.5 Å². The summed E-state index contributed by atoms with van der Waals surface area (Å²) in [5, 5.41) is 3.10. The van der Waals surface area contributed by atoms with E-state index in [2.05, 4.69) is 26.1 Å². The van der Waals surface area contributed by atoms with Crippen LogP contribution >= 0.6 is 11.6 Å². The summed E-state index contributed by atoms with van der Waals surface area (Å²) < 4.78 is 5.52. The number of carbonyl (C=O) groups excluding carboxylic acids is 1. The largest absolute Gasteiger partial charge is 0.378 e. The molecule has 1 aliphatic rings. The molecule has 0 aliphatic carbocycles. The highest BCUT2D eigenvalue weighted by atomic mass is 35.5. The van der Waals surface area contributed by atoms with E-state index in [-0.39, 0.29) is 23.5 Å². The van der Waals surface area contributed by atoms with E-state index >= 15 is 0 Å². The predicted molar refractivity (Wildman–Crippen MR) is 74.9 cm³/mol. The summed E-state index contributed by atoms with van der Waals surface area (Å²) in [6.07, 6.45) is 4.72.